The molecule has 1 fully saturated rings. The van der Waals surface area contributed by atoms with E-state index in [0.29, 0.717) is 12.6 Å². The first-order valence-corrected chi connectivity index (χ1v) is 9.29. The zero-order chi connectivity index (χ0) is 18.5. The summed E-state index contributed by atoms with van der Waals surface area (Å²) in [5.41, 5.74) is 0.879. The van der Waals surface area contributed by atoms with Crippen molar-refractivity contribution in [1.29, 1.82) is 0 Å². The first-order chi connectivity index (χ1) is 12.6. The van der Waals surface area contributed by atoms with E-state index < -0.39 is 0 Å². The summed E-state index contributed by atoms with van der Waals surface area (Å²) < 4.78 is 11.5. The van der Waals surface area contributed by atoms with Crippen molar-refractivity contribution >= 4 is 22.7 Å². The van der Waals surface area contributed by atoms with Crippen LogP contribution < -0.4 is 24.6 Å². The molecule has 2 heterocycles. The molecule has 0 unspecified atom stereocenters. The van der Waals surface area contributed by atoms with Gasteiger partial charge in [-0.15, -0.1) is 0 Å². The van der Waals surface area contributed by atoms with Gasteiger partial charge in [0.1, 0.15) is 5.82 Å². The van der Waals surface area contributed by atoms with E-state index >= 15 is 0 Å². The second-order valence-electron chi connectivity index (χ2n) is 6.70. The predicted molar refractivity (Wildman–Crippen MR) is 106 cm³/mol. The van der Waals surface area contributed by atoms with Crippen LogP contribution in [0.1, 0.15) is 19.8 Å². The molecule has 0 radical (unpaired) electrons. The SMILES string of the molecule is CCCCOc1cc2nc(N(C)C)nc(N3CCNCC3)c2cc1OC. The molecule has 0 bridgehead atoms. The maximum Gasteiger partial charge on any atom is 0.227 e. The van der Waals surface area contributed by atoms with Gasteiger partial charge in [-0.2, -0.15) is 4.98 Å². The Morgan fingerprint density at radius 2 is 1.92 bits per heavy atom. The molecular weight excluding hydrogens is 330 g/mol. The smallest absolute Gasteiger partial charge is 0.227 e. The Balaban J connectivity index is 2.09. The number of methoxy groups -OCH3 is 1. The largest absolute Gasteiger partial charge is 0.493 e. The van der Waals surface area contributed by atoms with Crippen LogP contribution in [0.5, 0.6) is 11.5 Å². The van der Waals surface area contributed by atoms with E-state index in [1.807, 2.05) is 31.1 Å². The zero-order valence-corrected chi connectivity index (χ0v) is 16.2. The van der Waals surface area contributed by atoms with Gasteiger partial charge in [0.15, 0.2) is 11.5 Å². The number of unbranched alkanes of at least 4 members (excludes halogenated alkanes) is 1. The fraction of sp³-hybridized carbons (Fsp3) is 0.579. The van der Waals surface area contributed by atoms with Crippen molar-refractivity contribution in [2.75, 3.05) is 63.8 Å². The molecule has 26 heavy (non-hydrogen) atoms. The molecular formula is C19H29N5O2. The molecule has 0 atom stereocenters. The average molecular weight is 359 g/mol. The molecule has 0 saturated carbocycles. The normalized spacial score (nSPS) is 14.5. The van der Waals surface area contributed by atoms with Crippen LogP contribution in [0.4, 0.5) is 11.8 Å². The van der Waals surface area contributed by atoms with Gasteiger partial charge in [0.25, 0.3) is 0 Å². The molecule has 142 valence electrons. The highest BCUT2D eigenvalue weighted by molar-refractivity contribution is 5.93. The molecule has 1 saturated heterocycles. The Kier molecular flexibility index (Phi) is 5.98. The van der Waals surface area contributed by atoms with Gasteiger partial charge in [-0.1, -0.05) is 13.3 Å². The molecule has 1 aromatic carbocycles. The van der Waals surface area contributed by atoms with E-state index in [2.05, 4.69) is 17.1 Å². The van der Waals surface area contributed by atoms with Gasteiger partial charge in [0.2, 0.25) is 5.95 Å². The van der Waals surface area contributed by atoms with E-state index in [0.717, 1.165) is 67.2 Å². The van der Waals surface area contributed by atoms with Crippen molar-refractivity contribution in [3.05, 3.63) is 12.1 Å². The van der Waals surface area contributed by atoms with Gasteiger partial charge in [0, 0.05) is 51.7 Å². The number of nitrogens with one attached hydrogen (secondary N) is 1. The molecule has 3 rings (SSSR count). The average Bonchev–Trinajstić information content (AvgIpc) is 2.67. The Morgan fingerprint density at radius 3 is 2.58 bits per heavy atom. The minimum Gasteiger partial charge on any atom is -0.493 e. The minimum absolute atomic E-state index is 0.675. The van der Waals surface area contributed by atoms with Gasteiger partial charge in [-0.25, -0.2) is 4.98 Å². The van der Waals surface area contributed by atoms with Crippen LogP contribution in [0.25, 0.3) is 10.9 Å². The van der Waals surface area contributed by atoms with Crippen LogP contribution in [-0.4, -0.2) is 64.0 Å². The standard InChI is InChI=1S/C19H29N5O2/c1-5-6-11-26-17-13-15-14(12-16(17)25-4)18(22-19(21-15)23(2)3)24-9-7-20-8-10-24/h12-13,20H,5-11H2,1-4H3. The van der Waals surface area contributed by atoms with Gasteiger partial charge in [-0.3, -0.25) is 0 Å². The molecule has 7 heteroatoms. The van der Waals surface area contributed by atoms with Crippen molar-refractivity contribution in [3.8, 4) is 11.5 Å². The van der Waals surface area contributed by atoms with Crippen molar-refractivity contribution in [3.63, 3.8) is 0 Å². The monoisotopic (exact) mass is 359 g/mol. The Bertz CT molecular complexity index is 744. The first kappa shape index (κ1) is 18.5. The molecule has 0 spiro atoms. The number of hydrogen-bond acceptors (Lipinski definition) is 7. The van der Waals surface area contributed by atoms with E-state index in [1.54, 1.807) is 7.11 Å². The summed E-state index contributed by atoms with van der Waals surface area (Å²) in [6.45, 7) is 6.59. The maximum atomic E-state index is 5.94. The third kappa shape index (κ3) is 3.93. The lowest BCUT2D eigenvalue weighted by atomic mass is 10.2. The molecule has 1 aromatic heterocycles. The van der Waals surface area contributed by atoms with Gasteiger partial charge < -0.3 is 24.6 Å². The second-order valence-corrected chi connectivity index (χ2v) is 6.70. The van der Waals surface area contributed by atoms with Gasteiger partial charge in [0.05, 0.1) is 19.2 Å². The van der Waals surface area contributed by atoms with Crippen LogP contribution in [0.15, 0.2) is 12.1 Å². The number of nitrogens with zero attached hydrogens (tertiary/aromatic N) is 4. The lowest BCUT2D eigenvalue weighted by Crippen LogP contribution is -2.44. The van der Waals surface area contributed by atoms with Crippen LogP contribution in [-0.2, 0) is 0 Å². The minimum atomic E-state index is 0.675. The third-order valence-corrected chi connectivity index (χ3v) is 4.52. The van der Waals surface area contributed by atoms with E-state index in [9.17, 15) is 0 Å². The number of piperazine rings is 1. The van der Waals surface area contributed by atoms with Crippen molar-refractivity contribution in [2.24, 2.45) is 0 Å². The number of anilines is 2. The second kappa shape index (κ2) is 8.40. The van der Waals surface area contributed by atoms with E-state index in [1.165, 1.54) is 0 Å². The van der Waals surface area contributed by atoms with Crippen molar-refractivity contribution < 1.29 is 9.47 Å². The lowest BCUT2D eigenvalue weighted by molar-refractivity contribution is 0.289. The fourth-order valence-corrected chi connectivity index (χ4v) is 3.02. The first-order valence-electron chi connectivity index (χ1n) is 9.29. The van der Waals surface area contributed by atoms with Crippen LogP contribution >= 0.6 is 0 Å². The Labute approximate surface area is 155 Å². The summed E-state index contributed by atoms with van der Waals surface area (Å²) in [5.74, 6) is 3.13. The van der Waals surface area contributed by atoms with Crippen LogP contribution in [0.2, 0.25) is 0 Å². The summed E-state index contributed by atoms with van der Waals surface area (Å²) in [5, 5.41) is 4.39. The molecule has 1 aliphatic rings. The highest BCUT2D eigenvalue weighted by atomic mass is 16.5. The number of ether oxygens (including phenoxy) is 2. The number of aromatic nitrogens is 2. The van der Waals surface area contributed by atoms with Crippen molar-refractivity contribution in [1.82, 2.24) is 15.3 Å². The lowest BCUT2D eigenvalue weighted by Gasteiger charge is -2.30. The number of benzene rings is 1. The molecule has 0 amide bonds. The number of fused-ring (bicyclic) bond motifs is 1. The summed E-state index contributed by atoms with van der Waals surface area (Å²) in [4.78, 5) is 13.8. The molecule has 2 aromatic rings. The maximum absolute atomic E-state index is 5.94. The number of rotatable bonds is 7. The number of hydrogen-bond donors (Lipinski definition) is 1. The molecule has 0 aliphatic carbocycles. The highest BCUT2D eigenvalue weighted by Gasteiger charge is 2.20. The van der Waals surface area contributed by atoms with Gasteiger partial charge >= 0.3 is 0 Å². The molecule has 1 N–H and O–H groups in total. The zero-order valence-electron chi connectivity index (χ0n) is 16.2. The Hall–Kier alpha value is -2.28. The fourth-order valence-electron chi connectivity index (χ4n) is 3.02. The summed E-state index contributed by atoms with van der Waals surface area (Å²) >= 11 is 0. The van der Waals surface area contributed by atoms with Crippen LogP contribution in [0.3, 0.4) is 0 Å². The highest BCUT2D eigenvalue weighted by Crippen LogP contribution is 2.36. The van der Waals surface area contributed by atoms with Gasteiger partial charge in [-0.05, 0) is 12.5 Å². The molecule has 1 aliphatic heterocycles. The quantitative estimate of drug-likeness (QED) is 0.761. The Morgan fingerprint density at radius 1 is 1.15 bits per heavy atom. The summed E-state index contributed by atoms with van der Waals surface area (Å²) in [7, 11) is 5.60. The van der Waals surface area contributed by atoms with E-state index in [-0.39, 0.29) is 0 Å². The third-order valence-electron chi connectivity index (χ3n) is 4.52. The van der Waals surface area contributed by atoms with Crippen molar-refractivity contribution in [2.45, 2.75) is 19.8 Å². The van der Waals surface area contributed by atoms with E-state index in [4.69, 9.17) is 19.4 Å². The molecule has 7 nitrogen and oxygen atoms in total. The summed E-state index contributed by atoms with van der Waals surface area (Å²) in [6, 6.07) is 3.98. The predicted octanol–water partition coefficient (Wildman–Crippen LogP) is 2.29. The van der Waals surface area contributed by atoms with Crippen LogP contribution in [0, 0.1) is 0 Å². The summed E-state index contributed by atoms with van der Waals surface area (Å²) in [6.07, 6.45) is 2.11. The topological polar surface area (TPSA) is 62.8 Å².